The first-order chi connectivity index (χ1) is 7.42. The Morgan fingerprint density at radius 1 is 1.24 bits per heavy atom. The molecule has 4 nitrogen and oxygen atoms in total. The van der Waals surface area contributed by atoms with Gasteiger partial charge in [0.1, 0.15) is 0 Å². The van der Waals surface area contributed by atoms with E-state index in [-0.39, 0.29) is 30.6 Å². The number of aliphatic hydroxyl groups is 1. The molecule has 0 radical (unpaired) electrons. The lowest BCUT2D eigenvalue weighted by molar-refractivity contribution is 0.135. The van der Waals surface area contributed by atoms with Gasteiger partial charge >= 0.3 is 0 Å². The Hall–Kier alpha value is 0.130. The van der Waals surface area contributed by atoms with Crippen LogP contribution in [0, 0.1) is 0 Å². The van der Waals surface area contributed by atoms with Crippen LogP contribution in [0.15, 0.2) is 0 Å². The monoisotopic (exact) mass is 265 g/mol. The first-order valence-corrected chi connectivity index (χ1v) is 6.28. The van der Waals surface area contributed by atoms with Crippen molar-refractivity contribution >= 4 is 12.4 Å². The number of aliphatic hydroxyl groups excluding tert-OH is 1. The summed E-state index contributed by atoms with van der Waals surface area (Å²) in [6.07, 6.45) is 1.17. The van der Waals surface area contributed by atoms with Crippen LogP contribution in [0.4, 0.5) is 0 Å². The minimum Gasteiger partial charge on any atom is -0.395 e. The molecule has 3 N–H and O–H groups in total. The van der Waals surface area contributed by atoms with E-state index >= 15 is 0 Å². The maximum Gasteiger partial charge on any atom is 0.0584 e. The van der Waals surface area contributed by atoms with E-state index < -0.39 is 0 Å². The summed E-state index contributed by atoms with van der Waals surface area (Å²) in [6.45, 7) is 11.7. The highest BCUT2D eigenvalue weighted by Gasteiger charge is 2.21. The summed E-state index contributed by atoms with van der Waals surface area (Å²) in [7, 11) is 0. The van der Waals surface area contributed by atoms with Gasteiger partial charge in [-0.2, -0.15) is 0 Å². The zero-order valence-corrected chi connectivity index (χ0v) is 12.2. The number of hydrogen-bond acceptors (Lipinski definition) is 4. The minimum absolute atomic E-state index is 0. The van der Waals surface area contributed by atoms with Gasteiger partial charge in [0.05, 0.1) is 6.61 Å². The molecule has 0 aromatic heterocycles. The third-order valence-corrected chi connectivity index (χ3v) is 3.14. The largest absolute Gasteiger partial charge is 0.395 e. The summed E-state index contributed by atoms with van der Waals surface area (Å²) in [5, 5.41) is 9.16. The lowest BCUT2D eigenvalue weighted by atomic mass is 10.1. The summed E-state index contributed by atoms with van der Waals surface area (Å²) in [5.41, 5.74) is 5.93. The van der Waals surface area contributed by atoms with Gasteiger partial charge in [-0.05, 0) is 40.3 Å². The second-order valence-electron chi connectivity index (χ2n) is 5.69. The number of hydrogen-bond donors (Lipinski definition) is 2. The topological polar surface area (TPSA) is 52.7 Å². The lowest BCUT2D eigenvalue weighted by Crippen LogP contribution is -2.46. The van der Waals surface area contributed by atoms with Crippen LogP contribution >= 0.6 is 12.4 Å². The molecule has 0 saturated carbocycles. The average molecular weight is 266 g/mol. The first-order valence-electron chi connectivity index (χ1n) is 6.28. The van der Waals surface area contributed by atoms with Gasteiger partial charge in [-0.25, -0.2) is 0 Å². The normalized spacial score (nSPS) is 21.7. The fourth-order valence-corrected chi connectivity index (χ4v) is 2.28. The van der Waals surface area contributed by atoms with Crippen LogP contribution in [0.5, 0.6) is 0 Å². The van der Waals surface area contributed by atoms with Gasteiger partial charge in [0.25, 0.3) is 0 Å². The van der Waals surface area contributed by atoms with Crippen molar-refractivity contribution in [1.82, 2.24) is 9.80 Å². The Kier molecular flexibility index (Phi) is 7.60. The lowest BCUT2D eigenvalue weighted by Gasteiger charge is -2.29. The third kappa shape index (κ3) is 6.58. The van der Waals surface area contributed by atoms with Crippen LogP contribution < -0.4 is 5.73 Å². The molecular weight excluding hydrogens is 238 g/mol. The van der Waals surface area contributed by atoms with Gasteiger partial charge in [-0.1, -0.05) is 0 Å². The highest BCUT2D eigenvalue weighted by Crippen LogP contribution is 2.09. The fourth-order valence-electron chi connectivity index (χ4n) is 2.28. The zero-order valence-electron chi connectivity index (χ0n) is 11.4. The van der Waals surface area contributed by atoms with Crippen LogP contribution in [0.2, 0.25) is 0 Å². The molecule has 1 aliphatic rings. The van der Waals surface area contributed by atoms with Crippen molar-refractivity contribution in [3.05, 3.63) is 0 Å². The molecule has 0 aromatic rings. The predicted molar refractivity (Wildman–Crippen MR) is 74.7 cm³/mol. The summed E-state index contributed by atoms with van der Waals surface area (Å²) >= 11 is 0. The highest BCUT2D eigenvalue weighted by atomic mass is 35.5. The molecule has 104 valence electrons. The summed E-state index contributed by atoms with van der Waals surface area (Å²) in [4.78, 5) is 4.80. The van der Waals surface area contributed by atoms with E-state index in [9.17, 15) is 0 Å². The van der Waals surface area contributed by atoms with Gasteiger partial charge in [0, 0.05) is 31.2 Å². The second kappa shape index (κ2) is 7.54. The molecule has 0 spiro atoms. The Morgan fingerprint density at radius 2 is 1.88 bits per heavy atom. The molecule has 0 amide bonds. The van der Waals surface area contributed by atoms with E-state index in [0.29, 0.717) is 0 Å². The molecule has 1 unspecified atom stereocenters. The summed E-state index contributed by atoms with van der Waals surface area (Å²) < 4.78 is 0. The van der Waals surface area contributed by atoms with Gasteiger partial charge in [-0.3, -0.25) is 4.90 Å². The first kappa shape index (κ1) is 17.1. The number of rotatable bonds is 4. The van der Waals surface area contributed by atoms with Gasteiger partial charge in [0.15, 0.2) is 0 Å². The van der Waals surface area contributed by atoms with Crippen molar-refractivity contribution < 1.29 is 5.11 Å². The number of nitrogens with two attached hydrogens (primary N) is 1. The van der Waals surface area contributed by atoms with E-state index in [2.05, 4.69) is 30.6 Å². The number of halogens is 1. The smallest absolute Gasteiger partial charge is 0.0584 e. The quantitative estimate of drug-likeness (QED) is 0.779. The SMILES string of the molecule is CC(CO)N1CCCN(CC(C)(C)N)CC1.Cl. The molecule has 5 heteroatoms. The van der Waals surface area contributed by atoms with Crippen LogP contribution in [0.3, 0.4) is 0 Å². The standard InChI is InChI=1S/C12H27N3O.ClH/c1-11(9-16)15-6-4-5-14(7-8-15)10-12(2,3)13;/h11,16H,4-10,13H2,1-3H3;1H. The Morgan fingerprint density at radius 3 is 2.41 bits per heavy atom. The number of nitrogens with zero attached hydrogens (tertiary/aromatic N) is 2. The van der Waals surface area contributed by atoms with Crippen molar-refractivity contribution in [2.24, 2.45) is 5.73 Å². The summed E-state index contributed by atoms with van der Waals surface area (Å²) in [6, 6.07) is 0.283. The summed E-state index contributed by atoms with van der Waals surface area (Å²) in [5.74, 6) is 0. The Balaban J connectivity index is 0.00000256. The fraction of sp³-hybridized carbons (Fsp3) is 1.00. The maximum absolute atomic E-state index is 9.16. The molecular formula is C12H28ClN3O. The van der Waals surface area contributed by atoms with Crippen LogP contribution in [0.25, 0.3) is 0 Å². The molecule has 0 aromatic carbocycles. The zero-order chi connectivity index (χ0) is 12.2. The molecule has 1 fully saturated rings. The van der Waals surface area contributed by atoms with Crippen LogP contribution in [-0.4, -0.2) is 65.8 Å². The van der Waals surface area contributed by atoms with Crippen LogP contribution in [0.1, 0.15) is 27.2 Å². The van der Waals surface area contributed by atoms with Crippen molar-refractivity contribution in [3.63, 3.8) is 0 Å². The van der Waals surface area contributed by atoms with E-state index in [1.807, 2.05) is 0 Å². The second-order valence-corrected chi connectivity index (χ2v) is 5.69. The minimum atomic E-state index is -0.113. The molecule has 1 aliphatic heterocycles. The maximum atomic E-state index is 9.16. The molecule has 1 heterocycles. The highest BCUT2D eigenvalue weighted by molar-refractivity contribution is 5.85. The predicted octanol–water partition coefficient (Wildman–Crippen LogP) is 0.534. The van der Waals surface area contributed by atoms with E-state index in [1.165, 1.54) is 6.42 Å². The van der Waals surface area contributed by atoms with Crippen molar-refractivity contribution in [3.8, 4) is 0 Å². The third-order valence-electron chi connectivity index (χ3n) is 3.14. The van der Waals surface area contributed by atoms with Gasteiger partial charge in [-0.15, -0.1) is 12.4 Å². The van der Waals surface area contributed by atoms with E-state index in [4.69, 9.17) is 10.8 Å². The molecule has 0 aliphatic carbocycles. The molecule has 1 rings (SSSR count). The molecule has 1 atom stereocenters. The van der Waals surface area contributed by atoms with E-state index in [0.717, 1.165) is 32.7 Å². The molecule has 17 heavy (non-hydrogen) atoms. The van der Waals surface area contributed by atoms with Crippen molar-refractivity contribution in [1.29, 1.82) is 0 Å². The molecule has 1 saturated heterocycles. The van der Waals surface area contributed by atoms with Gasteiger partial charge in [0.2, 0.25) is 0 Å². The van der Waals surface area contributed by atoms with Gasteiger partial charge < -0.3 is 15.7 Å². The Bertz CT molecular complexity index is 208. The van der Waals surface area contributed by atoms with E-state index in [1.54, 1.807) is 0 Å². The average Bonchev–Trinajstić information content (AvgIpc) is 2.40. The van der Waals surface area contributed by atoms with Crippen molar-refractivity contribution in [2.45, 2.75) is 38.8 Å². The van der Waals surface area contributed by atoms with Crippen molar-refractivity contribution in [2.75, 3.05) is 39.3 Å². The molecule has 0 bridgehead atoms. The Labute approximate surface area is 112 Å². The van der Waals surface area contributed by atoms with Crippen LogP contribution in [-0.2, 0) is 0 Å².